The van der Waals surface area contributed by atoms with Crippen molar-refractivity contribution in [1.82, 2.24) is 14.7 Å². The Kier molecular flexibility index (Phi) is 8.61. The molecule has 0 saturated heterocycles. The monoisotopic (exact) mass is 580 g/mol. The number of carbonyl (C=O) groups excluding carboxylic acids is 1. The summed E-state index contributed by atoms with van der Waals surface area (Å²) in [7, 11) is -4.33. The number of rotatable bonds is 9. The fourth-order valence-corrected chi connectivity index (χ4v) is 5.19. The summed E-state index contributed by atoms with van der Waals surface area (Å²) in [6.07, 6.45) is 0.809. The van der Waals surface area contributed by atoms with Gasteiger partial charge in [-0.15, -0.1) is 0 Å². The fourth-order valence-electron chi connectivity index (χ4n) is 4.07. The largest absolute Gasteiger partial charge is 0.492 e. The number of halogens is 1. The number of aromatic nitrogens is 2. The van der Waals surface area contributed by atoms with Gasteiger partial charge in [-0.3, -0.25) is 4.79 Å². The van der Waals surface area contributed by atoms with Crippen molar-refractivity contribution in [3.63, 3.8) is 0 Å². The highest BCUT2D eigenvalue weighted by atomic mass is 35.5. The highest BCUT2D eigenvalue weighted by Crippen LogP contribution is 2.35. The number of nitrogens with two attached hydrogens (primary N) is 1. The summed E-state index contributed by atoms with van der Waals surface area (Å²) in [6, 6.07) is 16.3. The molecule has 208 valence electrons. The van der Waals surface area contributed by atoms with E-state index in [-0.39, 0.29) is 22.3 Å². The lowest BCUT2D eigenvalue weighted by molar-refractivity contribution is 0.0978. The number of nitrogen functional groups attached to an aromatic ring is 1. The molecule has 2 heterocycles. The van der Waals surface area contributed by atoms with Gasteiger partial charge in [-0.05, 0) is 74.7 Å². The Morgan fingerprint density at radius 1 is 1.00 bits per heavy atom. The van der Waals surface area contributed by atoms with E-state index in [1.165, 1.54) is 24.3 Å². The summed E-state index contributed by atoms with van der Waals surface area (Å²) in [6.45, 7) is 8.21. The van der Waals surface area contributed by atoms with E-state index in [4.69, 9.17) is 26.8 Å². The molecular formula is C29H29ClN4O5S. The number of nitrogens with one attached hydrogen (secondary N) is 1. The number of carbonyl (C=O) groups is 1. The third-order valence-electron chi connectivity index (χ3n) is 5.84. The molecule has 11 heteroatoms. The number of aryl methyl sites for hydroxylation is 3. The summed E-state index contributed by atoms with van der Waals surface area (Å²) in [4.78, 5) is 21.7. The van der Waals surface area contributed by atoms with Crippen LogP contribution in [0.3, 0.4) is 0 Å². The predicted molar refractivity (Wildman–Crippen MR) is 154 cm³/mol. The van der Waals surface area contributed by atoms with Crippen molar-refractivity contribution in [2.75, 3.05) is 12.3 Å². The quantitative estimate of drug-likeness (QED) is 0.246. The highest BCUT2D eigenvalue weighted by Gasteiger charge is 2.25. The Bertz CT molecular complexity index is 1670. The normalized spacial score (nSPS) is 11.2. The molecule has 9 nitrogen and oxygen atoms in total. The molecule has 40 heavy (non-hydrogen) atoms. The topological polar surface area (TPSA) is 134 Å². The molecular weight excluding hydrogens is 552 g/mol. The number of sulfonamides is 1. The minimum atomic E-state index is -4.33. The number of hydrogen-bond donors (Lipinski definition) is 2. The van der Waals surface area contributed by atoms with Crippen molar-refractivity contribution < 1.29 is 22.7 Å². The van der Waals surface area contributed by atoms with E-state index in [9.17, 15) is 13.2 Å². The summed E-state index contributed by atoms with van der Waals surface area (Å²) >= 11 is 6.30. The van der Waals surface area contributed by atoms with E-state index in [0.29, 0.717) is 34.4 Å². The molecule has 0 fully saturated rings. The van der Waals surface area contributed by atoms with E-state index in [1.54, 1.807) is 24.3 Å². The molecule has 2 aromatic carbocycles. The zero-order valence-corrected chi connectivity index (χ0v) is 24.1. The van der Waals surface area contributed by atoms with E-state index < -0.39 is 15.9 Å². The molecule has 0 aliphatic rings. The van der Waals surface area contributed by atoms with E-state index in [2.05, 4.69) is 9.97 Å². The lowest BCUT2D eigenvalue weighted by Gasteiger charge is -2.16. The molecule has 3 N–H and O–H groups in total. The molecule has 0 aliphatic heterocycles. The van der Waals surface area contributed by atoms with Gasteiger partial charge in [0.1, 0.15) is 22.9 Å². The Hall–Kier alpha value is -4.15. The first-order valence-electron chi connectivity index (χ1n) is 12.5. The van der Waals surface area contributed by atoms with Crippen LogP contribution in [0.2, 0.25) is 5.02 Å². The number of hydrogen-bond acceptors (Lipinski definition) is 8. The third-order valence-corrected chi connectivity index (χ3v) is 7.39. The average Bonchev–Trinajstić information content (AvgIpc) is 2.90. The van der Waals surface area contributed by atoms with Crippen LogP contribution in [-0.2, 0) is 10.0 Å². The van der Waals surface area contributed by atoms with Crippen molar-refractivity contribution in [3.05, 3.63) is 87.9 Å². The fraction of sp³-hybridized carbons (Fsp3) is 0.207. The summed E-state index contributed by atoms with van der Waals surface area (Å²) in [5.41, 5.74) is 9.37. The summed E-state index contributed by atoms with van der Waals surface area (Å²) < 4.78 is 39.8. The van der Waals surface area contributed by atoms with Gasteiger partial charge in [-0.1, -0.05) is 48.4 Å². The van der Waals surface area contributed by atoms with Gasteiger partial charge >= 0.3 is 0 Å². The molecule has 0 unspecified atom stereocenters. The van der Waals surface area contributed by atoms with Crippen LogP contribution in [0.1, 0.15) is 40.4 Å². The Labute approximate surface area is 238 Å². The number of pyridine rings is 2. The van der Waals surface area contributed by atoms with Crippen LogP contribution in [0, 0.1) is 20.8 Å². The number of ether oxygens (including phenoxy) is 2. The maximum atomic E-state index is 13.3. The lowest BCUT2D eigenvalue weighted by atomic mass is 10.1. The minimum absolute atomic E-state index is 0.000868. The van der Waals surface area contributed by atoms with Gasteiger partial charge in [-0.2, -0.15) is 8.42 Å². The standard InChI is InChI=1S/C29H29ClN4O5S/c1-5-13-38-24-16-20(9-11-22(24)30)23-12-10-21(28(35)34-40(36,37)26-8-6-7-25(31)33-26)29(32-23)39-27-18(3)14-17(2)15-19(27)4/h6-12,14-16H,5,13H2,1-4H3,(H2,31,33)(H,34,35). The Morgan fingerprint density at radius 2 is 1.73 bits per heavy atom. The van der Waals surface area contributed by atoms with Crippen LogP contribution in [0.5, 0.6) is 17.4 Å². The van der Waals surface area contributed by atoms with Crippen LogP contribution < -0.4 is 19.9 Å². The van der Waals surface area contributed by atoms with Gasteiger partial charge in [0, 0.05) is 5.56 Å². The summed E-state index contributed by atoms with van der Waals surface area (Å²) in [5, 5.41) is 0.0647. The second kappa shape index (κ2) is 11.9. The van der Waals surface area contributed by atoms with Crippen molar-refractivity contribution in [1.29, 1.82) is 0 Å². The predicted octanol–water partition coefficient (Wildman–Crippen LogP) is 6.00. The number of amides is 1. The second-order valence-electron chi connectivity index (χ2n) is 9.21. The molecule has 0 radical (unpaired) electrons. The lowest BCUT2D eigenvalue weighted by Crippen LogP contribution is -2.31. The Balaban J connectivity index is 1.78. The molecule has 0 aliphatic carbocycles. The van der Waals surface area contributed by atoms with Gasteiger partial charge in [0.05, 0.1) is 17.3 Å². The van der Waals surface area contributed by atoms with Crippen LogP contribution in [0.4, 0.5) is 5.82 Å². The van der Waals surface area contributed by atoms with Crippen molar-refractivity contribution in [3.8, 4) is 28.6 Å². The maximum absolute atomic E-state index is 13.3. The smallest absolute Gasteiger partial charge is 0.281 e. The van der Waals surface area contributed by atoms with Crippen LogP contribution in [0.15, 0.2) is 65.7 Å². The van der Waals surface area contributed by atoms with Crippen LogP contribution in [0.25, 0.3) is 11.3 Å². The minimum Gasteiger partial charge on any atom is -0.492 e. The average molecular weight is 581 g/mol. The summed E-state index contributed by atoms with van der Waals surface area (Å²) in [5.74, 6) is -0.0118. The van der Waals surface area contributed by atoms with E-state index in [0.717, 1.165) is 23.1 Å². The molecule has 0 bridgehead atoms. The third kappa shape index (κ3) is 6.52. The van der Waals surface area contributed by atoms with Gasteiger partial charge in [0.2, 0.25) is 5.88 Å². The first-order chi connectivity index (χ1) is 19.0. The maximum Gasteiger partial charge on any atom is 0.281 e. The van der Waals surface area contributed by atoms with Gasteiger partial charge < -0.3 is 15.2 Å². The SMILES string of the molecule is CCCOc1cc(-c2ccc(C(=O)NS(=O)(=O)c3cccc(N)n3)c(Oc3c(C)cc(C)cc3C)n2)ccc1Cl. The molecule has 0 saturated carbocycles. The molecule has 2 aromatic heterocycles. The van der Waals surface area contributed by atoms with Crippen LogP contribution >= 0.6 is 11.6 Å². The molecule has 0 atom stereocenters. The molecule has 0 spiro atoms. The van der Waals surface area contributed by atoms with E-state index >= 15 is 0 Å². The van der Waals surface area contributed by atoms with Gasteiger partial charge in [0.15, 0.2) is 5.03 Å². The molecule has 4 rings (SSSR count). The molecule has 1 amide bonds. The van der Waals surface area contributed by atoms with Crippen molar-refractivity contribution in [2.45, 2.75) is 39.1 Å². The number of anilines is 1. The van der Waals surface area contributed by atoms with Crippen LogP contribution in [-0.4, -0.2) is 30.9 Å². The molecule has 4 aromatic rings. The first kappa shape index (κ1) is 28.8. The number of nitrogens with zero attached hydrogens (tertiary/aromatic N) is 2. The first-order valence-corrected chi connectivity index (χ1v) is 14.3. The second-order valence-corrected chi connectivity index (χ2v) is 11.2. The van der Waals surface area contributed by atoms with Gasteiger partial charge in [0.25, 0.3) is 15.9 Å². The Morgan fingerprint density at radius 3 is 2.40 bits per heavy atom. The van der Waals surface area contributed by atoms with E-state index in [1.807, 2.05) is 44.5 Å². The van der Waals surface area contributed by atoms with Crippen molar-refractivity contribution in [2.24, 2.45) is 0 Å². The number of benzene rings is 2. The van der Waals surface area contributed by atoms with Gasteiger partial charge in [-0.25, -0.2) is 14.7 Å². The van der Waals surface area contributed by atoms with Crippen molar-refractivity contribution >= 4 is 33.3 Å². The zero-order valence-electron chi connectivity index (χ0n) is 22.5. The zero-order chi connectivity index (χ0) is 29.0. The highest BCUT2D eigenvalue weighted by molar-refractivity contribution is 7.90.